The van der Waals surface area contributed by atoms with E-state index in [4.69, 9.17) is 4.74 Å². The van der Waals surface area contributed by atoms with Crippen LogP contribution >= 0.6 is 0 Å². The predicted molar refractivity (Wildman–Crippen MR) is 167 cm³/mol. The first-order chi connectivity index (χ1) is 19.6. The van der Waals surface area contributed by atoms with E-state index in [-0.39, 0.29) is 29.7 Å². The Morgan fingerprint density at radius 3 is 2.26 bits per heavy atom. The topological polar surface area (TPSA) is 90.4 Å². The van der Waals surface area contributed by atoms with Crippen molar-refractivity contribution in [1.29, 1.82) is 0 Å². The Hall–Kier alpha value is -2.19. The lowest BCUT2D eigenvalue weighted by molar-refractivity contribution is -0.157. The molecule has 0 radical (unpaired) electrons. The van der Waals surface area contributed by atoms with Crippen molar-refractivity contribution < 1.29 is 24.2 Å². The van der Waals surface area contributed by atoms with E-state index in [0.717, 1.165) is 32.1 Å². The third-order valence-electron chi connectivity index (χ3n) is 9.51. The molecule has 3 aliphatic heterocycles. The average molecular weight is 588 g/mol. The minimum Gasteiger partial charge on any atom is -0.396 e. The number of likely N-dealkylation sites (tertiary alicyclic amines) is 1. The lowest BCUT2D eigenvalue weighted by Crippen LogP contribution is -2.61. The molecule has 0 saturated carbocycles. The first-order valence-corrected chi connectivity index (χ1v) is 16.1. The first kappa shape index (κ1) is 34.3. The van der Waals surface area contributed by atoms with Crippen LogP contribution in [0, 0.1) is 17.3 Å². The molecule has 238 valence electrons. The summed E-state index contributed by atoms with van der Waals surface area (Å²) in [5.74, 6) is -1.68. The fourth-order valence-electron chi connectivity index (χ4n) is 8.29. The predicted octanol–water partition coefficient (Wildman–Crippen LogP) is 4.96. The molecule has 0 aromatic carbocycles. The molecule has 0 aromatic rings. The maximum absolute atomic E-state index is 14.9. The second-order valence-corrected chi connectivity index (χ2v) is 14.8. The van der Waals surface area contributed by atoms with Gasteiger partial charge in [-0.1, -0.05) is 52.7 Å². The van der Waals surface area contributed by atoms with Gasteiger partial charge in [0.2, 0.25) is 17.7 Å². The highest BCUT2D eigenvalue weighted by Crippen LogP contribution is 2.63. The molecule has 8 heteroatoms. The Morgan fingerprint density at radius 1 is 1.05 bits per heavy atom. The van der Waals surface area contributed by atoms with E-state index in [1.165, 1.54) is 0 Å². The number of unbranched alkanes of at least 4 members (excludes halogenated alkanes) is 3. The first-order valence-electron chi connectivity index (χ1n) is 16.1. The number of aliphatic hydroxyl groups excluding tert-OH is 1. The van der Waals surface area contributed by atoms with Gasteiger partial charge in [-0.15, -0.1) is 13.2 Å². The third-order valence-corrected chi connectivity index (χ3v) is 9.51. The van der Waals surface area contributed by atoms with Crippen molar-refractivity contribution in [2.45, 2.75) is 123 Å². The van der Waals surface area contributed by atoms with Crippen molar-refractivity contribution in [3.63, 3.8) is 0 Å². The Morgan fingerprint density at radius 2 is 1.69 bits per heavy atom. The molecule has 42 heavy (non-hydrogen) atoms. The molecule has 1 N–H and O–H groups in total. The van der Waals surface area contributed by atoms with Gasteiger partial charge < -0.3 is 24.5 Å². The number of carbonyl (C=O) groups is 3. The third kappa shape index (κ3) is 6.50. The quantitative estimate of drug-likeness (QED) is 0.204. The van der Waals surface area contributed by atoms with Crippen molar-refractivity contribution >= 4 is 17.7 Å². The number of fused-ring (bicyclic) bond motifs is 1. The smallest absolute Gasteiger partial charge is 0.249 e. The molecule has 0 aromatic heterocycles. The summed E-state index contributed by atoms with van der Waals surface area (Å²) in [6.45, 7) is 24.4. The number of aliphatic hydroxyl groups is 1. The number of carbonyl (C=O) groups excluding carboxylic acids is 3. The van der Waals surface area contributed by atoms with Crippen LogP contribution in [0.2, 0.25) is 0 Å². The SMILES string of the molecule is C=CCN(CCC)C(=O)[C@@H]1[C@H]2C(=O)N(CCCCCCO)C(C(=O)N(CC=C)C(C)(C)CC(C)(C)C)C23CC[C@@]1(C)O3. The molecular weight excluding hydrogens is 530 g/mol. The number of hydrogen-bond donors (Lipinski definition) is 1. The van der Waals surface area contributed by atoms with E-state index < -0.39 is 34.6 Å². The summed E-state index contributed by atoms with van der Waals surface area (Å²) in [5, 5.41) is 9.23. The molecule has 3 rings (SSSR count). The summed E-state index contributed by atoms with van der Waals surface area (Å²) in [4.78, 5) is 48.9. The van der Waals surface area contributed by atoms with Gasteiger partial charge in [-0.25, -0.2) is 0 Å². The summed E-state index contributed by atoms with van der Waals surface area (Å²) in [5.41, 5.74) is -2.37. The maximum atomic E-state index is 14.9. The normalized spacial score (nSPS) is 28.6. The Labute approximate surface area is 254 Å². The number of nitrogens with zero attached hydrogens (tertiary/aromatic N) is 3. The Kier molecular flexibility index (Phi) is 10.8. The maximum Gasteiger partial charge on any atom is 0.249 e. The molecule has 5 atom stereocenters. The van der Waals surface area contributed by atoms with Crippen molar-refractivity contribution in [3.05, 3.63) is 25.3 Å². The molecule has 3 fully saturated rings. The Bertz CT molecular complexity index is 1020. The zero-order valence-electron chi connectivity index (χ0n) is 27.4. The van der Waals surface area contributed by atoms with E-state index in [1.54, 1.807) is 22.0 Å². The summed E-state index contributed by atoms with van der Waals surface area (Å²) in [6.07, 6.45) is 9.39. The molecular formula is C34H57N3O5. The number of ether oxygens (including phenoxy) is 1. The van der Waals surface area contributed by atoms with Crippen LogP contribution in [0.4, 0.5) is 0 Å². The summed E-state index contributed by atoms with van der Waals surface area (Å²) < 4.78 is 6.89. The fraction of sp³-hybridized carbons (Fsp3) is 0.794. The largest absolute Gasteiger partial charge is 0.396 e. The van der Waals surface area contributed by atoms with E-state index in [9.17, 15) is 19.5 Å². The molecule has 1 spiro atoms. The van der Waals surface area contributed by atoms with E-state index >= 15 is 0 Å². The van der Waals surface area contributed by atoms with Crippen molar-refractivity contribution in [1.82, 2.24) is 14.7 Å². The van der Waals surface area contributed by atoms with Gasteiger partial charge in [0.15, 0.2) is 0 Å². The van der Waals surface area contributed by atoms with E-state index in [1.807, 2.05) is 18.7 Å². The van der Waals surface area contributed by atoms with Gasteiger partial charge in [-0.3, -0.25) is 14.4 Å². The lowest BCUT2D eigenvalue weighted by Gasteiger charge is -2.45. The van der Waals surface area contributed by atoms with Crippen LogP contribution in [0.5, 0.6) is 0 Å². The highest BCUT2D eigenvalue weighted by Gasteiger charge is 2.78. The van der Waals surface area contributed by atoms with Gasteiger partial charge in [-0.05, 0) is 64.7 Å². The minimum atomic E-state index is -1.04. The second kappa shape index (κ2) is 13.2. The fourth-order valence-corrected chi connectivity index (χ4v) is 8.29. The second-order valence-electron chi connectivity index (χ2n) is 14.8. The summed E-state index contributed by atoms with van der Waals surface area (Å²) in [7, 11) is 0. The van der Waals surface area contributed by atoms with Crippen LogP contribution in [0.1, 0.15) is 99.8 Å². The highest BCUT2D eigenvalue weighted by atomic mass is 16.5. The zero-order chi connectivity index (χ0) is 31.5. The van der Waals surface area contributed by atoms with Gasteiger partial charge in [-0.2, -0.15) is 0 Å². The van der Waals surface area contributed by atoms with Gasteiger partial charge in [0.05, 0.1) is 17.4 Å². The number of hydrogen-bond acceptors (Lipinski definition) is 5. The van der Waals surface area contributed by atoms with E-state index in [2.05, 4.69) is 47.8 Å². The standard InChI is InChI=1S/C34H57N3O5/c1-10-19-35(20-11-2)28(39)25-26-29(40)36(22-15-13-14-16-23-38)27(34(26)18-17-33(25,9)42-34)30(41)37(21-12-3)32(7,8)24-31(4,5)6/h10,12,25-27,38H,1,3,11,13-24H2,2,4-9H3/t25-,26-,27?,33+,34?/m0/s1. The van der Waals surface area contributed by atoms with Crippen LogP contribution in [0.25, 0.3) is 0 Å². The van der Waals surface area contributed by atoms with Gasteiger partial charge >= 0.3 is 0 Å². The van der Waals surface area contributed by atoms with Crippen LogP contribution in [0.3, 0.4) is 0 Å². The molecule has 3 amide bonds. The average Bonchev–Trinajstić information content (AvgIpc) is 3.45. The summed E-state index contributed by atoms with van der Waals surface area (Å²) >= 11 is 0. The van der Waals surface area contributed by atoms with Crippen LogP contribution in [0.15, 0.2) is 25.3 Å². The monoisotopic (exact) mass is 587 g/mol. The lowest BCUT2D eigenvalue weighted by atomic mass is 9.66. The van der Waals surface area contributed by atoms with Crippen LogP contribution in [-0.4, -0.2) is 93.1 Å². The molecule has 3 heterocycles. The van der Waals surface area contributed by atoms with Gasteiger partial charge in [0, 0.05) is 38.3 Å². The number of rotatable bonds is 16. The van der Waals surface area contributed by atoms with Crippen molar-refractivity contribution in [3.8, 4) is 0 Å². The molecule has 0 aliphatic carbocycles. The van der Waals surface area contributed by atoms with E-state index in [0.29, 0.717) is 45.4 Å². The molecule has 3 saturated heterocycles. The van der Waals surface area contributed by atoms with Gasteiger partial charge in [0.1, 0.15) is 11.6 Å². The number of amides is 3. The highest BCUT2D eigenvalue weighted by molar-refractivity contribution is 5.99. The molecule has 3 aliphatic rings. The summed E-state index contributed by atoms with van der Waals surface area (Å²) in [6, 6.07) is -0.800. The van der Waals surface area contributed by atoms with Crippen LogP contribution < -0.4 is 0 Å². The zero-order valence-corrected chi connectivity index (χ0v) is 27.4. The minimum absolute atomic E-state index is 0.0247. The van der Waals surface area contributed by atoms with Crippen molar-refractivity contribution in [2.24, 2.45) is 17.3 Å². The molecule has 2 bridgehead atoms. The molecule has 8 nitrogen and oxygen atoms in total. The van der Waals surface area contributed by atoms with Crippen LogP contribution in [-0.2, 0) is 19.1 Å². The Balaban J connectivity index is 2.08. The van der Waals surface area contributed by atoms with Gasteiger partial charge in [0.25, 0.3) is 0 Å². The molecule has 2 unspecified atom stereocenters. The van der Waals surface area contributed by atoms with Crippen molar-refractivity contribution in [2.75, 3.05) is 32.8 Å².